The third kappa shape index (κ3) is 8.55. The van der Waals surface area contributed by atoms with Crippen molar-refractivity contribution in [2.24, 2.45) is 0 Å². The molecule has 11 atom stereocenters. The molecule has 0 unspecified atom stereocenters. The van der Waals surface area contributed by atoms with E-state index in [1.54, 1.807) is 24.3 Å². The van der Waals surface area contributed by atoms with Gasteiger partial charge in [0.1, 0.15) is 42.7 Å². The van der Waals surface area contributed by atoms with Crippen molar-refractivity contribution in [3.8, 4) is 0 Å². The van der Waals surface area contributed by atoms with Crippen LogP contribution in [0, 0.1) is 0 Å². The average molecular weight is 832 g/mol. The number of imide groups is 1. The molecule has 4 heterocycles. The van der Waals surface area contributed by atoms with E-state index < -0.39 is 78.7 Å². The van der Waals surface area contributed by atoms with Crippen LogP contribution in [0.5, 0.6) is 0 Å². The van der Waals surface area contributed by atoms with Crippen LogP contribution >= 0.6 is 11.6 Å². The fourth-order valence-corrected chi connectivity index (χ4v) is 8.75. The van der Waals surface area contributed by atoms with Gasteiger partial charge in [0, 0.05) is 5.56 Å². The van der Waals surface area contributed by atoms with Crippen LogP contribution in [0.1, 0.15) is 56.2 Å². The fourth-order valence-electron chi connectivity index (χ4n) is 8.36. The third-order valence-corrected chi connectivity index (χ3v) is 11.7. The Morgan fingerprint density at radius 3 is 1.62 bits per heavy atom. The summed E-state index contributed by atoms with van der Waals surface area (Å²) >= 11 is 7.12. The Hall–Kier alpha value is -4.79. The first kappa shape index (κ1) is 40.6. The normalized spacial score (nSPS) is 30.2. The van der Waals surface area contributed by atoms with Crippen LogP contribution in [-0.2, 0) is 57.7 Å². The van der Waals surface area contributed by atoms with Crippen molar-refractivity contribution in [2.75, 3.05) is 6.61 Å². The lowest BCUT2D eigenvalue weighted by molar-refractivity contribution is -0.366. The Kier molecular flexibility index (Phi) is 12.5. The first-order valence-corrected chi connectivity index (χ1v) is 20.7. The smallest absolute Gasteiger partial charge is 0.262 e. The maximum Gasteiger partial charge on any atom is 0.262 e. The molecule has 11 nitrogen and oxygen atoms in total. The van der Waals surface area contributed by atoms with E-state index in [1.807, 2.05) is 128 Å². The zero-order valence-corrected chi connectivity index (χ0v) is 33.7. The molecule has 2 amide bonds. The molecule has 4 aliphatic rings. The predicted molar refractivity (Wildman–Crippen MR) is 220 cm³/mol. The average Bonchev–Trinajstić information content (AvgIpc) is 3.54. The lowest BCUT2D eigenvalue weighted by Crippen LogP contribution is -2.69. The number of fused-ring (bicyclic) bond motifs is 2. The Morgan fingerprint density at radius 2 is 1.07 bits per heavy atom. The number of alkyl halides is 1. The predicted octanol–water partition coefficient (Wildman–Crippen LogP) is 7.62. The third-order valence-electron chi connectivity index (χ3n) is 11.4. The number of nitrogens with zero attached hydrogens (tertiary/aromatic N) is 1. The highest BCUT2D eigenvalue weighted by Gasteiger charge is 2.58. The second kappa shape index (κ2) is 18.4. The molecule has 9 rings (SSSR count). The fraction of sp³-hybridized carbons (Fsp3) is 0.333. The van der Waals surface area contributed by atoms with E-state index in [4.69, 9.17) is 49.5 Å². The van der Waals surface area contributed by atoms with Crippen LogP contribution in [0.25, 0.3) is 0 Å². The lowest BCUT2D eigenvalue weighted by Gasteiger charge is -2.52. The number of carbonyl (C=O) groups is 2. The van der Waals surface area contributed by atoms with Crippen LogP contribution in [-0.4, -0.2) is 83.9 Å². The minimum Gasteiger partial charge on any atom is -0.368 e. The van der Waals surface area contributed by atoms with Gasteiger partial charge >= 0.3 is 0 Å². The van der Waals surface area contributed by atoms with Crippen LogP contribution in [0.4, 0.5) is 0 Å². The summed E-state index contributed by atoms with van der Waals surface area (Å²) in [5.41, 5.74) is 2.98. The molecule has 5 aromatic carbocycles. The van der Waals surface area contributed by atoms with Gasteiger partial charge in [-0.1, -0.05) is 145 Å². The molecule has 0 bridgehead atoms. The van der Waals surface area contributed by atoms with Gasteiger partial charge in [0.25, 0.3) is 11.8 Å². The first-order chi connectivity index (χ1) is 29.4. The van der Waals surface area contributed by atoms with Crippen molar-refractivity contribution in [1.82, 2.24) is 4.90 Å². The highest BCUT2D eigenvalue weighted by atomic mass is 35.5. The molecule has 0 saturated carbocycles. The second-order valence-electron chi connectivity index (χ2n) is 15.3. The quantitative estimate of drug-likeness (QED) is 0.0869. The summed E-state index contributed by atoms with van der Waals surface area (Å²) in [6.45, 7) is 2.77. The summed E-state index contributed by atoms with van der Waals surface area (Å²) in [6, 6.07) is 44.6. The van der Waals surface area contributed by atoms with E-state index in [0.29, 0.717) is 6.61 Å². The van der Waals surface area contributed by atoms with Crippen LogP contribution in [0.3, 0.4) is 0 Å². The summed E-state index contributed by atoms with van der Waals surface area (Å²) < 4.78 is 53.5. The first-order valence-electron chi connectivity index (χ1n) is 20.3. The number of hydrogen-bond acceptors (Lipinski definition) is 10. The maximum atomic E-state index is 14.2. The lowest BCUT2D eigenvalue weighted by atomic mass is 9.94. The molecular formula is C48H46ClNO10. The van der Waals surface area contributed by atoms with E-state index in [-0.39, 0.29) is 30.9 Å². The minimum atomic E-state index is -1.20. The number of benzene rings is 5. The molecule has 0 radical (unpaired) electrons. The molecule has 0 aromatic heterocycles. The van der Waals surface area contributed by atoms with Crippen molar-refractivity contribution in [2.45, 2.75) is 93.7 Å². The minimum absolute atomic E-state index is 0.107. The van der Waals surface area contributed by atoms with Gasteiger partial charge in [0.05, 0.1) is 43.7 Å². The van der Waals surface area contributed by atoms with E-state index in [2.05, 4.69) is 0 Å². The van der Waals surface area contributed by atoms with Gasteiger partial charge in [-0.3, -0.25) is 14.5 Å². The number of amides is 2. The highest BCUT2D eigenvalue weighted by Crippen LogP contribution is 2.42. The van der Waals surface area contributed by atoms with Gasteiger partial charge in [-0.2, -0.15) is 0 Å². The molecule has 3 fully saturated rings. The van der Waals surface area contributed by atoms with Crippen molar-refractivity contribution >= 4 is 23.4 Å². The largest absolute Gasteiger partial charge is 0.368 e. The molecule has 3 saturated heterocycles. The summed E-state index contributed by atoms with van der Waals surface area (Å²) in [5, 5.41) is 0. The van der Waals surface area contributed by atoms with E-state index >= 15 is 0 Å². The molecule has 12 heteroatoms. The SMILES string of the molecule is C[C@@H]1O[C@@H](O[C@H]2[C@@H]3O[C@H](c4ccccc4)OC[C@H]3O[C@@H](Cl)[C@@H]2N2C(=O)c3ccccc3C2=O)[C@@H](OCc2ccccc2)[C@H](OCc2ccccc2)[C@@H]1OCc1ccccc1. The van der Waals surface area contributed by atoms with Gasteiger partial charge in [0.2, 0.25) is 0 Å². The second-order valence-corrected chi connectivity index (χ2v) is 15.7. The summed E-state index contributed by atoms with van der Waals surface area (Å²) in [4.78, 5) is 29.5. The Morgan fingerprint density at radius 1 is 0.583 bits per heavy atom. The molecule has 310 valence electrons. The van der Waals surface area contributed by atoms with Crippen molar-refractivity contribution < 1.29 is 47.5 Å². The van der Waals surface area contributed by atoms with E-state index in [1.165, 1.54) is 0 Å². The number of hydrogen-bond donors (Lipinski definition) is 0. The summed E-state index contributed by atoms with van der Waals surface area (Å²) in [5.74, 6) is -1.02. The number of carbonyl (C=O) groups excluding carboxylic acids is 2. The molecular weight excluding hydrogens is 786 g/mol. The monoisotopic (exact) mass is 831 g/mol. The molecule has 0 N–H and O–H groups in total. The standard InChI is InChI=1S/C48H46ClNO10/c1-30-39(53-26-31-16-6-2-7-17-31)42(54-27-32-18-8-3-9-19-32)43(55-28-33-20-10-4-11-21-33)48(57-30)60-41-38(50-45(51)35-24-14-15-25-36(35)46(50)52)44(49)58-37-29-56-47(59-40(37)41)34-22-12-5-13-23-34/h2-25,30,37-44,47-48H,26-29H2,1H3/t30-,37+,38+,39+,40+,41+,42+,43-,44+,47+,48-/m0/s1. The summed E-state index contributed by atoms with van der Waals surface area (Å²) in [7, 11) is 0. The molecule has 0 spiro atoms. The highest BCUT2D eigenvalue weighted by molar-refractivity contribution is 6.24. The number of ether oxygens (including phenoxy) is 8. The van der Waals surface area contributed by atoms with E-state index in [0.717, 1.165) is 27.2 Å². The van der Waals surface area contributed by atoms with E-state index in [9.17, 15) is 9.59 Å². The van der Waals surface area contributed by atoms with Crippen molar-refractivity contribution in [3.63, 3.8) is 0 Å². The maximum absolute atomic E-state index is 14.2. The number of rotatable bonds is 13. The number of halogens is 1. The van der Waals surface area contributed by atoms with Gasteiger partial charge in [-0.05, 0) is 35.7 Å². The zero-order valence-electron chi connectivity index (χ0n) is 32.9. The van der Waals surface area contributed by atoms with Gasteiger partial charge in [-0.15, -0.1) is 0 Å². The Bertz CT molecular complexity index is 2170. The Balaban J connectivity index is 1.09. The van der Waals surface area contributed by atoms with Crippen LogP contribution < -0.4 is 0 Å². The molecule has 5 aromatic rings. The Labute approximate surface area is 353 Å². The van der Waals surface area contributed by atoms with Crippen LogP contribution in [0.2, 0.25) is 0 Å². The van der Waals surface area contributed by atoms with Gasteiger partial charge < -0.3 is 37.9 Å². The topological polar surface area (TPSA) is 111 Å². The molecule has 4 aliphatic heterocycles. The molecule has 60 heavy (non-hydrogen) atoms. The zero-order chi connectivity index (χ0) is 41.0. The van der Waals surface area contributed by atoms with Crippen molar-refractivity contribution in [1.29, 1.82) is 0 Å². The van der Waals surface area contributed by atoms with Crippen molar-refractivity contribution in [3.05, 3.63) is 179 Å². The van der Waals surface area contributed by atoms with Crippen LogP contribution in [0.15, 0.2) is 146 Å². The summed E-state index contributed by atoms with van der Waals surface area (Å²) in [6.07, 6.45) is -7.42. The van der Waals surface area contributed by atoms with Gasteiger partial charge in [0.15, 0.2) is 18.1 Å². The molecule has 0 aliphatic carbocycles. The van der Waals surface area contributed by atoms with Gasteiger partial charge in [-0.25, -0.2) is 0 Å².